The summed E-state index contributed by atoms with van der Waals surface area (Å²) in [5.74, 6) is 0.874. The van der Waals surface area contributed by atoms with Gasteiger partial charge in [0.15, 0.2) is 6.79 Å². The number of rotatable bonds is 5. The van der Waals surface area contributed by atoms with Crippen LogP contribution in [0.1, 0.15) is 25.0 Å². The van der Waals surface area contributed by atoms with Crippen LogP contribution < -0.4 is 4.74 Å². The Hall–Kier alpha value is -0.810. The van der Waals surface area contributed by atoms with Gasteiger partial charge in [0.05, 0.1) is 13.2 Å². The summed E-state index contributed by atoms with van der Waals surface area (Å²) in [6.45, 7) is 6.52. The molecule has 0 saturated heterocycles. The van der Waals surface area contributed by atoms with Crippen LogP contribution in [0.4, 0.5) is 0 Å². The number of aliphatic hydroxyl groups excluding tert-OH is 1. The van der Waals surface area contributed by atoms with E-state index in [9.17, 15) is 0 Å². The molecule has 0 aliphatic carbocycles. The van der Waals surface area contributed by atoms with Crippen molar-refractivity contribution < 1.29 is 14.6 Å². The van der Waals surface area contributed by atoms with E-state index in [1.54, 1.807) is 0 Å². The normalized spacial score (nSPS) is 14.6. The molecule has 0 bridgehead atoms. The Bertz CT molecular complexity index is 437. The highest BCUT2D eigenvalue weighted by atomic mass is 35.5. The van der Waals surface area contributed by atoms with E-state index in [4.69, 9.17) is 26.2 Å². The summed E-state index contributed by atoms with van der Waals surface area (Å²) in [5.41, 5.74) is 2.04. The third-order valence-corrected chi connectivity index (χ3v) is 3.46. The SMILES string of the molecule is CC(C)N(CCO)Cc1cc(Cl)cc2c1OCOC2. The van der Waals surface area contributed by atoms with Crippen molar-refractivity contribution in [2.45, 2.75) is 33.0 Å². The zero-order valence-corrected chi connectivity index (χ0v) is 12.1. The van der Waals surface area contributed by atoms with Crippen LogP contribution in [-0.4, -0.2) is 36.0 Å². The zero-order chi connectivity index (χ0) is 13.8. The van der Waals surface area contributed by atoms with Crippen LogP contribution >= 0.6 is 11.6 Å². The van der Waals surface area contributed by atoms with Gasteiger partial charge in [-0.2, -0.15) is 0 Å². The molecule has 0 radical (unpaired) electrons. The van der Waals surface area contributed by atoms with E-state index in [2.05, 4.69) is 18.7 Å². The van der Waals surface area contributed by atoms with Crippen molar-refractivity contribution in [1.29, 1.82) is 0 Å². The van der Waals surface area contributed by atoms with Crippen LogP contribution in [0.5, 0.6) is 5.75 Å². The minimum Gasteiger partial charge on any atom is -0.467 e. The number of nitrogens with zero attached hydrogens (tertiary/aromatic N) is 1. The average Bonchev–Trinajstić information content (AvgIpc) is 2.37. The van der Waals surface area contributed by atoms with Gasteiger partial charge in [-0.15, -0.1) is 0 Å². The van der Waals surface area contributed by atoms with Crippen LogP contribution in [0, 0.1) is 0 Å². The lowest BCUT2D eigenvalue weighted by atomic mass is 10.1. The highest BCUT2D eigenvalue weighted by Crippen LogP contribution is 2.32. The number of fused-ring (bicyclic) bond motifs is 1. The highest BCUT2D eigenvalue weighted by molar-refractivity contribution is 6.30. The number of benzene rings is 1. The lowest BCUT2D eigenvalue weighted by Gasteiger charge is -2.28. The molecule has 2 rings (SSSR count). The van der Waals surface area contributed by atoms with Crippen molar-refractivity contribution in [3.63, 3.8) is 0 Å². The van der Waals surface area contributed by atoms with Crippen LogP contribution in [-0.2, 0) is 17.9 Å². The maximum atomic E-state index is 9.14. The Kier molecular flexibility index (Phi) is 5.05. The zero-order valence-electron chi connectivity index (χ0n) is 11.4. The minimum absolute atomic E-state index is 0.144. The molecule has 1 aromatic carbocycles. The summed E-state index contributed by atoms with van der Waals surface area (Å²) >= 11 is 6.14. The standard InChI is InChI=1S/C14H20ClNO3/c1-10(2)16(3-4-17)7-11-5-13(15)6-12-8-18-9-19-14(11)12/h5-6,10,17H,3-4,7-9H2,1-2H3. The lowest BCUT2D eigenvalue weighted by molar-refractivity contribution is -0.0176. The number of halogens is 1. The lowest BCUT2D eigenvalue weighted by Crippen LogP contribution is -2.33. The second-order valence-electron chi connectivity index (χ2n) is 4.95. The van der Waals surface area contributed by atoms with Crippen LogP contribution in [0.3, 0.4) is 0 Å². The second kappa shape index (κ2) is 6.57. The first-order valence-corrected chi connectivity index (χ1v) is 6.86. The van der Waals surface area contributed by atoms with Crippen molar-refractivity contribution in [3.8, 4) is 5.75 Å². The molecule has 5 heteroatoms. The van der Waals surface area contributed by atoms with E-state index in [-0.39, 0.29) is 13.4 Å². The highest BCUT2D eigenvalue weighted by Gasteiger charge is 2.19. The molecular weight excluding hydrogens is 266 g/mol. The minimum atomic E-state index is 0.144. The van der Waals surface area contributed by atoms with Crippen molar-refractivity contribution >= 4 is 11.6 Å². The fourth-order valence-electron chi connectivity index (χ4n) is 2.24. The summed E-state index contributed by atoms with van der Waals surface area (Å²) in [6, 6.07) is 4.16. The predicted octanol–water partition coefficient (Wildman–Crippen LogP) is 2.41. The maximum Gasteiger partial charge on any atom is 0.189 e. The molecule has 0 amide bonds. The summed E-state index contributed by atoms with van der Waals surface area (Å²) < 4.78 is 10.9. The fraction of sp³-hybridized carbons (Fsp3) is 0.571. The van der Waals surface area contributed by atoms with Gasteiger partial charge in [0, 0.05) is 35.3 Å². The largest absolute Gasteiger partial charge is 0.467 e. The maximum absolute atomic E-state index is 9.14. The third kappa shape index (κ3) is 3.60. The molecule has 0 atom stereocenters. The average molecular weight is 286 g/mol. The van der Waals surface area contributed by atoms with Crippen molar-refractivity contribution in [3.05, 3.63) is 28.3 Å². The summed E-state index contributed by atoms with van der Waals surface area (Å²) in [6.07, 6.45) is 0. The molecule has 0 unspecified atom stereocenters. The van der Waals surface area contributed by atoms with Crippen molar-refractivity contribution in [1.82, 2.24) is 4.90 Å². The molecule has 0 spiro atoms. The monoisotopic (exact) mass is 285 g/mol. The first kappa shape index (κ1) is 14.6. The Morgan fingerprint density at radius 3 is 2.89 bits per heavy atom. The van der Waals surface area contributed by atoms with Gasteiger partial charge in [-0.3, -0.25) is 4.90 Å². The molecular formula is C14H20ClNO3. The smallest absolute Gasteiger partial charge is 0.189 e. The van der Waals surface area contributed by atoms with Gasteiger partial charge in [-0.1, -0.05) is 11.6 Å². The van der Waals surface area contributed by atoms with Gasteiger partial charge >= 0.3 is 0 Å². The number of ether oxygens (including phenoxy) is 2. The van der Waals surface area contributed by atoms with Crippen molar-refractivity contribution in [2.75, 3.05) is 19.9 Å². The molecule has 1 heterocycles. The van der Waals surface area contributed by atoms with Gasteiger partial charge in [0.25, 0.3) is 0 Å². The molecule has 0 saturated carbocycles. The first-order valence-electron chi connectivity index (χ1n) is 6.48. The molecule has 106 valence electrons. The van der Waals surface area contributed by atoms with E-state index in [0.29, 0.717) is 30.8 Å². The van der Waals surface area contributed by atoms with E-state index in [1.807, 2.05) is 12.1 Å². The molecule has 19 heavy (non-hydrogen) atoms. The van der Waals surface area contributed by atoms with Gasteiger partial charge in [-0.25, -0.2) is 0 Å². The van der Waals surface area contributed by atoms with Crippen LogP contribution in [0.2, 0.25) is 5.02 Å². The number of aliphatic hydroxyl groups is 1. The van der Waals surface area contributed by atoms with Crippen LogP contribution in [0.25, 0.3) is 0 Å². The molecule has 1 aliphatic rings. The van der Waals surface area contributed by atoms with Crippen LogP contribution in [0.15, 0.2) is 12.1 Å². The predicted molar refractivity (Wildman–Crippen MR) is 74.4 cm³/mol. The van der Waals surface area contributed by atoms with Gasteiger partial charge in [-0.05, 0) is 26.0 Å². The summed E-state index contributed by atoms with van der Waals surface area (Å²) in [7, 11) is 0. The van der Waals surface area contributed by atoms with E-state index in [1.165, 1.54) is 0 Å². The molecule has 4 nitrogen and oxygen atoms in total. The Balaban J connectivity index is 2.25. The quantitative estimate of drug-likeness (QED) is 0.902. The Labute approximate surface area is 118 Å². The molecule has 1 aliphatic heterocycles. The van der Waals surface area contributed by atoms with Gasteiger partial charge in [0.1, 0.15) is 5.75 Å². The van der Waals surface area contributed by atoms with Gasteiger partial charge < -0.3 is 14.6 Å². The van der Waals surface area contributed by atoms with E-state index < -0.39 is 0 Å². The number of hydrogen-bond acceptors (Lipinski definition) is 4. The van der Waals surface area contributed by atoms with Gasteiger partial charge in [0.2, 0.25) is 0 Å². The molecule has 0 fully saturated rings. The summed E-state index contributed by atoms with van der Waals surface area (Å²) in [5, 5.41) is 9.83. The van der Waals surface area contributed by atoms with Crippen molar-refractivity contribution in [2.24, 2.45) is 0 Å². The Morgan fingerprint density at radius 1 is 1.42 bits per heavy atom. The fourth-order valence-corrected chi connectivity index (χ4v) is 2.50. The Morgan fingerprint density at radius 2 is 2.21 bits per heavy atom. The molecule has 1 aromatic rings. The third-order valence-electron chi connectivity index (χ3n) is 3.24. The first-order chi connectivity index (χ1) is 9.11. The molecule has 1 N–H and O–H groups in total. The van der Waals surface area contributed by atoms with E-state index >= 15 is 0 Å². The topological polar surface area (TPSA) is 41.9 Å². The molecule has 0 aromatic heterocycles. The summed E-state index contributed by atoms with van der Waals surface area (Å²) in [4.78, 5) is 2.19. The van der Waals surface area contributed by atoms with E-state index in [0.717, 1.165) is 16.9 Å². The number of hydrogen-bond donors (Lipinski definition) is 1. The second-order valence-corrected chi connectivity index (χ2v) is 5.39.